The highest BCUT2D eigenvalue weighted by Crippen LogP contribution is 2.45. The standard InChI is InChI=1S/C81H132O17P2/c1-5-9-13-17-21-25-29-33-37-41-45-49-53-57-61-65-78(83)91-71-76(97-80(85)67-63-59-55-51-47-43-39-35-31-27-23-19-15-11-7-3)73-95-99(87,88)93-69-75(82)70-94-100(89,90)96-74-77(98-81(86)68-64-60-56-52-48-44-40-36-32-28-24-20-16-12-8-4)72-92-79(84)66-62-58-54-50-46-42-38-34-30-26-22-18-14-10-6-2/h9-11,13-15,21-23,25-27,33-40,45-46,49-50,58,62,75-77,82H,5-8,12,16-20,24,28-32,41-44,47-48,51-57,59-61,63-74H2,1-4H3,(H,87,88)(H,89,90)/b13-9-,14-10-,15-11-,25-21-,26-22-,27-23-,37-33-,38-34-,39-35-,40-36-,49-45-,50-46-,62-58-. The summed E-state index contributed by atoms with van der Waals surface area (Å²) in [6.45, 7) is 4.31. The third kappa shape index (κ3) is 71.1. The molecule has 568 valence electrons. The van der Waals surface area contributed by atoms with Crippen LogP contribution < -0.4 is 0 Å². The van der Waals surface area contributed by atoms with E-state index >= 15 is 0 Å². The zero-order valence-corrected chi connectivity index (χ0v) is 63.6. The molecule has 0 rings (SSSR count). The SMILES string of the molecule is CC/C=C\C/C=C\C/C=C\C/C=C\C/C=C\CC(=O)OCC(COP(=O)(O)OCC(O)COP(=O)(O)OCC(COC(=O)CCCC/C=C\C/C=C\C/C=C\C/C=C\CC)OC(=O)CCCCCCC/C=C\C/C=C\C/C=C\CC)OC(=O)CCCCCCC/C=C\CCCCCCCC. The number of phosphoric acid groups is 2. The third-order valence-electron chi connectivity index (χ3n) is 15.0. The van der Waals surface area contributed by atoms with Gasteiger partial charge in [0.15, 0.2) is 12.2 Å². The van der Waals surface area contributed by atoms with Crippen molar-refractivity contribution in [3.8, 4) is 0 Å². The number of phosphoric ester groups is 2. The third-order valence-corrected chi connectivity index (χ3v) is 16.9. The fraction of sp³-hybridized carbons (Fsp3) is 0.630. The number of unbranched alkanes of at least 4 members (excludes halogenated alkanes) is 18. The summed E-state index contributed by atoms with van der Waals surface area (Å²) in [5.74, 6) is -2.41. The van der Waals surface area contributed by atoms with Crippen molar-refractivity contribution in [1.82, 2.24) is 0 Å². The van der Waals surface area contributed by atoms with Crippen LogP contribution in [-0.2, 0) is 65.4 Å². The minimum Gasteiger partial charge on any atom is -0.462 e. The second-order valence-corrected chi connectivity index (χ2v) is 27.4. The van der Waals surface area contributed by atoms with E-state index in [9.17, 15) is 43.2 Å². The topological polar surface area (TPSA) is 237 Å². The van der Waals surface area contributed by atoms with E-state index in [1.807, 2.05) is 18.2 Å². The van der Waals surface area contributed by atoms with Crippen LogP contribution in [-0.4, -0.2) is 96.7 Å². The molecule has 0 aliphatic carbocycles. The molecule has 0 saturated carbocycles. The lowest BCUT2D eigenvalue weighted by Gasteiger charge is -2.21. The van der Waals surface area contributed by atoms with Crippen molar-refractivity contribution in [1.29, 1.82) is 0 Å². The second-order valence-electron chi connectivity index (χ2n) is 24.5. The van der Waals surface area contributed by atoms with Crippen molar-refractivity contribution >= 4 is 39.5 Å². The maximum atomic E-state index is 13.1. The molecular formula is C81H132O17P2. The van der Waals surface area contributed by atoms with Crippen LogP contribution in [0.25, 0.3) is 0 Å². The summed E-state index contributed by atoms with van der Waals surface area (Å²) in [7, 11) is -10.0. The molecule has 0 fully saturated rings. The van der Waals surface area contributed by atoms with Crippen LogP contribution in [0.15, 0.2) is 158 Å². The Labute approximate surface area is 604 Å². The van der Waals surface area contributed by atoms with Crippen molar-refractivity contribution in [2.24, 2.45) is 0 Å². The predicted octanol–water partition coefficient (Wildman–Crippen LogP) is 21.7. The van der Waals surface area contributed by atoms with Crippen LogP contribution in [0.3, 0.4) is 0 Å². The number of aliphatic hydroxyl groups excluding tert-OH is 1. The first-order valence-corrected chi connectivity index (χ1v) is 40.7. The lowest BCUT2D eigenvalue weighted by Crippen LogP contribution is -2.30. The normalized spacial score (nSPS) is 14.8. The smallest absolute Gasteiger partial charge is 0.462 e. The van der Waals surface area contributed by atoms with E-state index in [0.717, 1.165) is 154 Å². The van der Waals surface area contributed by atoms with Gasteiger partial charge in [-0.15, -0.1) is 0 Å². The fourth-order valence-electron chi connectivity index (χ4n) is 9.35. The average molecular weight is 1440 g/mol. The second kappa shape index (κ2) is 72.0. The summed E-state index contributed by atoms with van der Waals surface area (Å²) in [4.78, 5) is 72.8. The van der Waals surface area contributed by atoms with Gasteiger partial charge in [-0.2, -0.15) is 0 Å². The van der Waals surface area contributed by atoms with Gasteiger partial charge >= 0.3 is 39.5 Å². The van der Waals surface area contributed by atoms with Crippen LogP contribution in [0.2, 0.25) is 0 Å². The lowest BCUT2D eigenvalue weighted by atomic mass is 10.1. The molecule has 0 bridgehead atoms. The van der Waals surface area contributed by atoms with Gasteiger partial charge in [-0.1, -0.05) is 256 Å². The maximum Gasteiger partial charge on any atom is 0.472 e. The number of aliphatic hydroxyl groups is 1. The molecule has 0 aromatic rings. The molecule has 5 atom stereocenters. The first-order chi connectivity index (χ1) is 48.7. The molecule has 0 spiro atoms. The van der Waals surface area contributed by atoms with Crippen molar-refractivity contribution in [2.75, 3.05) is 39.6 Å². The summed E-state index contributed by atoms with van der Waals surface area (Å²) in [6, 6.07) is 0. The van der Waals surface area contributed by atoms with Crippen molar-refractivity contribution < 1.29 is 80.2 Å². The van der Waals surface area contributed by atoms with Gasteiger partial charge in [0.1, 0.15) is 19.3 Å². The molecule has 0 aliphatic heterocycles. The fourth-order valence-corrected chi connectivity index (χ4v) is 10.9. The molecule has 17 nitrogen and oxygen atoms in total. The van der Waals surface area contributed by atoms with Crippen LogP contribution >= 0.6 is 15.6 Å². The Morgan fingerprint density at radius 1 is 0.300 bits per heavy atom. The summed E-state index contributed by atoms with van der Waals surface area (Å²) < 4.78 is 68.3. The Balaban J connectivity index is 5.49. The van der Waals surface area contributed by atoms with Gasteiger partial charge in [0.05, 0.1) is 32.8 Å². The Morgan fingerprint density at radius 3 is 0.920 bits per heavy atom. The van der Waals surface area contributed by atoms with Crippen LogP contribution in [0, 0.1) is 0 Å². The van der Waals surface area contributed by atoms with E-state index in [-0.39, 0.29) is 25.7 Å². The highest BCUT2D eigenvalue weighted by Gasteiger charge is 2.30. The summed E-state index contributed by atoms with van der Waals surface area (Å²) in [5, 5.41) is 10.6. The quantitative estimate of drug-likeness (QED) is 0.0169. The van der Waals surface area contributed by atoms with E-state index in [2.05, 4.69) is 161 Å². The van der Waals surface area contributed by atoms with Gasteiger partial charge in [-0.25, -0.2) is 9.13 Å². The van der Waals surface area contributed by atoms with E-state index in [0.29, 0.717) is 25.7 Å². The molecule has 0 radical (unpaired) electrons. The van der Waals surface area contributed by atoms with Gasteiger partial charge in [0.25, 0.3) is 0 Å². The van der Waals surface area contributed by atoms with Crippen LogP contribution in [0.5, 0.6) is 0 Å². The molecular weight excluding hydrogens is 1310 g/mol. The van der Waals surface area contributed by atoms with E-state index in [1.165, 1.54) is 38.5 Å². The van der Waals surface area contributed by atoms with Crippen LogP contribution in [0.1, 0.15) is 272 Å². The monoisotopic (exact) mass is 1440 g/mol. The Morgan fingerprint density at radius 2 is 0.560 bits per heavy atom. The van der Waals surface area contributed by atoms with Gasteiger partial charge in [0, 0.05) is 19.3 Å². The number of carbonyl (C=O) groups is 4. The Hall–Kier alpha value is -5.32. The molecule has 0 amide bonds. The molecule has 0 aromatic carbocycles. The molecule has 0 aromatic heterocycles. The molecule has 100 heavy (non-hydrogen) atoms. The number of hydrogen-bond donors (Lipinski definition) is 3. The number of hydrogen-bond acceptors (Lipinski definition) is 15. The Kier molecular flexibility index (Phi) is 68.2. The maximum absolute atomic E-state index is 13.1. The van der Waals surface area contributed by atoms with Gasteiger partial charge < -0.3 is 33.8 Å². The highest BCUT2D eigenvalue weighted by molar-refractivity contribution is 7.47. The zero-order chi connectivity index (χ0) is 73.2. The van der Waals surface area contributed by atoms with E-state index in [4.69, 9.17) is 37.0 Å². The minimum atomic E-state index is -5.00. The number of allylic oxidation sites excluding steroid dienone is 25. The van der Waals surface area contributed by atoms with E-state index < -0.39 is 97.5 Å². The first kappa shape index (κ1) is 94.7. The largest absolute Gasteiger partial charge is 0.472 e. The van der Waals surface area contributed by atoms with Crippen LogP contribution in [0.4, 0.5) is 0 Å². The molecule has 0 saturated heterocycles. The zero-order valence-electron chi connectivity index (χ0n) is 61.8. The number of rotatable bonds is 69. The van der Waals surface area contributed by atoms with E-state index in [1.54, 1.807) is 6.08 Å². The molecule has 0 heterocycles. The number of esters is 4. The Bertz CT molecular complexity index is 2520. The van der Waals surface area contributed by atoms with Crippen molar-refractivity contribution in [3.05, 3.63) is 158 Å². The number of carbonyl (C=O) groups excluding carboxylic acids is 4. The molecule has 5 unspecified atom stereocenters. The van der Waals surface area contributed by atoms with Gasteiger partial charge in [-0.3, -0.25) is 37.3 Å². The van der Waals surface area contributed by atoms with Gasteiger partial charge in [-0.05, 0) is 148 Å². The molecule has 19 heteroatoms. The summed E-state index contributed by atoms with van der Waals surface area (Å²) in [6.07, 6.45) is 82.7. The molecule has 0 aliphatic rings. The van der Waals surface area contributed by atoms with Gasteiger partial charge in [0.2, 0.25) is 0 Å². The minimum absolute atomic E-state index is 0.0587. The summed E-state index contributed by atoms with van der Waals surface area (Å²) >= 11 is 0. The van der Waals surface area contributed by atoms with Crippen molar-refractivity contribution in [2.45, 2.75) is 290 Å². The highest BCUT2D eigenvalue weighted by atomic mass is 31.2. The van der Waals surface area contributed by atoms with Crippen molar-refractivity contribution in [3.63, 3.8) is 0 Å². The average Bonchev–Trinajstić information content (AvgIpc) is 1.01. The first-order valence-electron chi connectivity index (χ1n) is 37.7. The lowest BCUT2D eigenvalue weighted by molar-refractivity contribution is -0.161. The predicted molar refractivity (Wildman–Crippen MR) is 408 cm³/mol. The summed E-state index contributed by atoms with van der Waals surface area (Å²) in [5.41, 5.74) is 0. The molecule has 3 N–H and O–H groups in total. The number of ether oxygens (including phenoxy) is 4.